The van der Waals surface area contributed by atoms with Crippen molar-refractivity contribution in [1.82, 2.24) is 15.6 Å². The second-order valence-corrected chi connectivity index (χ2v) is 4.21. The summed E-state index contributed by atoms with van der Waals surface area (Å²) >= 11 is 5.66. The van der Waals surface area contributed by atoms with Crippen LogP contribution in [0.15, 0.2) is 18.2 Å². The maximum Gasteiger partial charge on any atom is 0.270 e. The zero-order valence-electron chi connectivity index (χ0n) is 9.27. The first-order chi connectivity index (χ1) is 8.56. The van der Waals surface area contributed by atoms with Gasteiger partial charge in [0, 0.05) is 6.42 Å². The number of rotatable bonds is 2. The Hall–Kier alpha value is -1.95. The van der Waals surface area contributed by atoms with Crippen molar-refractivity contribution in [2.75, 3.05) is 0 Å². The standard InChI is InChI=1S/C11H10ClN3O3/c12-8-3-1-2-6(13-8)10(17)14-7-4-5-9(16)15-11(7)18/h1-3,7H,4-5H2,(H,14,17)(H,15,16,18). The van der Waals surface area contributed by atoms with E-state index in [0.29, 0.717) is 0 Å². The molecule has 1 aromatic rings. The van der Waals surface area contributed by atoms with E-state index in [1.54, 1.807) is 12.1 Å². The molecular formula is C11H10ClN3O3. The smallest absolute Gasteiger partial charge is 0.270 e. The molecule has 0 aliphatic carbocycles. The summed E-state index contributed by atoms with van der Waals surface area (Å²) < 4.78 is 0. The summed E-state index contributed by atoms with van der Waals surface area (Å²) in [6.45, 7) is 0. The quantitative estimate of drug-likeness (QED) is 0.595. The first-order valence-corrected chi connectivity index (χ1v) is 5.71. The van der Waals surface area contributed by atoms with E-state index in [0.717, 1.165) is 0 Å². The lowest BCUT2D eigenvalue weighted by Gasteiger charge is -2.21. The molecule has 2 heterocycles. The summed E-state index contributed by atoms with van der Waals surface area (Å²) in [5, 5.41) is 4.87. The topological polar surface area (TPSA) is 88.2 Å². The van der Waals surface area contributed by atoms with Crippen molar-refractivity contribution in [3.63, 3.8) is 0 Å². The Labute approximate surface area is 108 Å². The number of hydrogen-bond donors (Lipinski definition) is 2. The van der Waals surface area contributed by atoms with Gasteiger partial charge >= 0.3 is 0 Å². The van der Waals surface area contributed by atoms with E-state index in [4.69, 9.17) is 11.6 Å². The van der Waals surface area contributed by atoms with Crippen LogP contribution in [0.1, 0.15) is 23.3 Å². The number of amides is 3. The molecule has 1 aromatic heterocycles. The second kappa shape index (κ2) is 5.14. The van der Waals surface area contributed by atoms with Crippen LogP contribution in [0.3, 0.4) is 0 Å². The third kappa shape index (κ3) is 2.84. The average Bonchev–Trinajstić information content (AvgIpc) is 2.32. The van der Waals surface area contributed by atoms with Crippen molar-refractivity contribution < 1.29 is 14.4 Å². The maximum atomic E-state index is 11.8. The SMILES string of the molecule is O=C1CCC(NC(=O)c2cccc(Cl)n2)C(=O)N1. The molecule has 1 fully saturated rings. The number of carbonyl (C=O) groups excluding carboxylic acids is 3. The summed E-state index contributed by atoms with van der Waals surface area (Å²) in [6, 6.07) is 3.92. The van der Waals surface area contributed by atoms with Gasteiger partial charge in [-0.3, -0.25) is 19.7 Å². The molecular weight excluding hydrogens is 258 g/mol. The first kappa shape index (κ1) is 12.5. The Morgan fingerprint density at radius 1 is 1.44 bits per heavy atom. The van der Waals surface area contributed by atoms with Crippen LogP contribution in [-0.2, 0) is 9.59 Å². The molecule has 7 heteroatoms. The van der Waals surface area contributed by atoms with Gasteiger partial charge in [-0.05, 0) is 18.6 Å². The van der Waals surface area contributed by atoms with E-state index >= 15 is 0 Å². The van der Waals surface area contributed by atoms with E-state index in [2.05, 4.69) is 15.6 Å². The zero-order chi connectivity index (χ0) is 13.1. The van der Waals surface area contributed by atoms with Crippen molar-refractivity contribution in [3.8, 4) is 0 Å². The molecule has 3 amide bonds. The van der Waals surface area contributed by atoms with Gasteiger partial charge in [0.15, 0.2) is 0 Å². The van der Waals surface area contributed by atoms with Crippen molar-refractivity contribution in [2.24, 2.45) is 0 Å². The predicted octanol–water partition coefficient (Wildman–Crippen LogP) is 0.270. The van der Waals surface area contributed by atoms with E-state index < -0.39 is 17.9 Å². The molecule has 1 aliphatic heterocycles. The van der Waals surface area contributed by atoms with Gasteiger partial charge in [0.05, 0.1) is 0 Å². The molecule has 1 aliphatic rings. The van der Waals surface area contributed by atoms with Crippen LogP contribution < -0.4 is 10.6 Å². The minimum absolute atomic E-state index is 0.132. The second-order valence-electron chi connectivity index (χ2n) is 3.82. The summed E-state index contributed by atoms with van der Waals surface area (Å²) in [6.07, 6.45) is 0.497. The predicted molar refractivity (Wildman–Crippen MR) is 62.9 cm³/mol. The Balaban J connectivity index is 2.03. The number of piperidine rings is 1. The molecule has 1 atom stereocenters. The van der Waals surface area contributed by atoms with Gasteiger partial charge in [0.2, 0.25) is 11.8 Å². The van der Waals surface area contributed by atoms with Crippen LogP contribution in [0.2, 0.25) is 5.15 Å². The van der Waals surface area contributed by atoms with Gasteiger partial charge < -0.3 is 5.32 Å². The van der Waals surface area contributed by atoms with Crippen molar-refractivity contribution in [1.29, 1.82) is 0 Å². The van der Waals surface area contributed by atoms with Crippen LogP contribution >= 0.6 is 11.6 Å². The highest BCUT2D eigenvalue weighted by atomic mass is 35.5. The average molecular weight is 268 g/mol. The third-order valence-electron chi connectivity index (χ3n) is 2.49. The minimum atomic E-state index is -0.712. The summed E-state index contributed by atoms with van der Waals surface area (Å²) in [4.78, 5) is 38.0. The van der Waals surface area contributed by atoms with Crippen LogP contribution in [0.25, 0.3) is 0 Å². The Bertz CT molecular complexity index is 518. The van der Waals surface area contributed by atoms with Gasteiger partial charge in [0.25, 0.3) is 5.91 Å². The Morgan fingerprint density at radius 2 is 2.22 bits per heavy atom. The number of nitrogens with one attached hydrogen (secondary N) is 2. The molecule has 94 valence electrons. The molecule has 0 spiro atoms. The van der Waals surface area contributed by atoms with E-state index in [9.17, 15) is 14.4 Å². The monoisotopic (exact) mass is 267 g/mol. The zero-order valence-corrected chi connectivity index (χ0v) is 10.0. The molecule has 0 aromatic carbocycles. The van der Waals surface area contributed by atoms with Crippen molar-refractivity contribution in [3.05, 3.63) is 29.0 Å². The number of carbonyl (C=O) groups is 3. The summed E-state index contributed by atoms with van der Waals surface area (Å²) in [7, 11) is 0. The van der Waals surface area contributed by atoms with Crippen LogP contribution in [-0.4, -0.2) is 28.7 Å². The molecule has 1 saturated heterocycles. The number of pyridine rings is 1. The fourth-order valence-corrected chi connectivity index (χ4v) is 1.76. The van der Waals surface area contributed by atoms with Gasteiger partial charge in [0.1, 0.15) is 16.9 Å². The molecule has 2 N–H and O–H groups in total. The lowest BCUT2D eigenvalue weighted by atomic mass is 10.1. The minimum Gasteiger partial charge on any atom is -0.339 e. The maximum absolute atomic E-state index is 11.8. The fourth-order valence-electron chi connectivity index (χ4n) is 1.60. The lowest BCUT2D eigenvalue weighted by molar-refractivity contribution is -0.134. The number of aromatic nitrogens is 1. The number of imide groups is 1. The molecule has 6 nitrogen and oxygen atoms in total. The number of halogens is 1. The highest BCUT2D eigenvalue weighted by Crippen LogP contribution is 2.08. The largest absolute Gasteiger partial charge is 0.339 e. The number of nitrogens with zero attached hydrogens (tertiary/aromatic N) is 1. The van der Waals surface area contributed by atoms with Crippen LogP contribution in [0.4, 0.5) is 0 Å². The van der Waals surface area contributed by atoms with Gasteiger partial charge in [-0.15, -0.1) is 0 Å². The summed E-state index contributed by atoms with van der Waals surface area (Å²) in [5.74, 6) is -1.32. The molecule has 18 heavy (non-hydrogen) atoms. The van der Waals surface area contributed by atoms with Crippen LogP contribution in [0.5, 0.6) is 0 Å². The highest BCUT2D eigenvalue weighted by molar-refractivity contribution is 6.29. The first-order valence-electron chi connectivity index (χ1n) is 5.33. The Kier molecular flexibility index (Phi) is 3.57. The van der Waals surface area contributed by atoms with E-state index in [-0.39, 0.29) is 29.6 Å². The van der Waals surface area contributed by atoms with E-state index in [1.807, 2.05) is 0 Å². The van der Waals surface area contributed by atoms with Crippen molar-refractivity contribution >= 4 is 29.3 Å². The van der Waals surface area contributed by atoms with Gasteiger partial charge in [-0.1, -0.05) is 17.7 Å². The molecule has 0 radical (unpaired) electrons. The van der Waals surface area contributed by atoms with Crippen molar-refractivity contribution in [2.45, 2.75) is 18.9 Å². The molecule has 2 rings (SSSR count). The molecule has 0 bridgehead atoms. The molecule has 0 saturated carbocycles. The third-order valence-corrected chi connectivity index (χ3v) is 2.70. The van der Waals surface area contributed by atoms with E-state index in [1.165, 1.54) is 6.07 Å². The fraction of sp³-hybridized carbons (Fsp3) is 0.273. The van der Waals surface area contributed by atoms with Gasteiger partial charge in [-0.25, -0.2) is 4.98 Å². The highest BCUT2D eigenvalue weighted by Gasteiger charge is 2.28. The normalized spacial score (nSPS) is 19.3. The van der Waals surface area contributed by atoms with Gasteiger partial charge in [-0.2, -0.15) is 0 Å². The van der Waals surface area contributed by atoms with Crippen LogP contribution in [0, 0.1) is 0 Å². The lowest BCUT2D eigenvalue weighted by Crippen LogP contribution is -2.52. The molecule has 1 unspecified atom stereocenters. The summed E-state index contributed by atoms with van der Waals surface area (Å²) in [5.41, 5.74) is 0.132. The Morgan fingerprint density at radius 3 is 2.89 bits per heavy atom. The number of hydrogen-bond acceptors (Lipinski definition) is 4.